The highest BCUT2D eigenvalue weighted by Gasteiger charge is 2.64. The summed E-state index contributed by atoms with van der Waals surface area (Å²) < 4.78 is 6.16. The summed E-state index contributed by atoms with van der Waals surface area (Å²) >= 11 is 0. The number of hydrogen-bond donors (Lipinski definition) is 0. The van der Waals surface area contributed by atoms with Gasteiger partial charge in [-0.2, -0.15) is 0 Å². The summed E-state index contributed by atoms with van der Waals surface area (Å²) in [5.41, 5.74) is 2.82. The van der Waals surface area contributed by atoms with Gasteiger partial charge in [0.2, 0.25) is 0 Å². The van der Waals surface area contributed by atoms with Crippen LogP contribution in [0.4, 0.5) is 0 Å². The molecule has 2 fully saturated rings. The molecule has 2 bridgehead atoms. The van der Waals surface area contributed by atoms with Crippen molar-refractivity contribution >= 4 is 5.78 Å². The van der Waals surface area contributed by atoms with E-state index in [0.29, 0.717) is 24.2 Å². The molecule has 2 aliphatic heterocycles. The van der Waals surface area contributed by atoms with E-state index >= 15 is 0 Å². The second-order valence-corrected chi connectivity index (χ2v) is 6.94. The molecule has 1 saturated heterocycles. The highest BCUT2D eigenvalue weighted by Crippen LogP contribution is 2.61. The molecule has 1 aromatic rings. The summed E-state index contributed by atoms with van der Waals surface area (Å²) in [5, 5.41) is 0. The van der Waals surface area contributed by atoms with Crippen LogP contribution in [0.15, 0.2) is 18.2 Å². The number of ether oxygens (including phenoxy) is 1. The van der Waals surface area contributed by atoms with Gasteiger partial charge < -0.3 is 9.64 Å². The molecule has 1 aromatic carbocycles. The quantitative estimate of drug-likeness (QED) is 0.720. The van der Waals surface area contributed by atoms with Crippen LogP contribution in [0.5, 0.6) is 5.75 Å². The van der Waals surface area contributed by atoms with E-state index in [1.807, 2.05) is 0 Å². The van der Waals surface area contributed by atoms with E-state index < -0.39 is 0 Å². The zero-order valence-corrected chi connectivity index (χ0v) is 11.8. The Labute approximate surface area is 118 Å². The summed E-state index contributed by atoms with van der Waals surface area (Å²) in [7, 11) is 2.24. The van der Waals surface area contributed by atoms with Crippen molar-refractivity contribution in [1.82, 2.24) is 4.90 Å². The van der Waals surface area contributed by atoms with Gasteiger partial charge in [-0.25, -0.2) is 0 Å². The third-order valence-corrected chi connectivity index (χ3v) is 6.28. The van der Waals surface area contributed by atoms with Crippen molar-refractivity contribution in [2.75, 3.05) is 13.6 Å². The van der Waals surface area contributed by atoms with E-state index in [-0.39, 0.29) is 11.5 Å². The van der Waals surface area contributed by atoms with Crippen LogP contribution in [0, 0.1) is 5.92 Å². The molecule has 5 rings (SSSR count). The minimum absolute atomic E-state index is 0.00329. The first-order valence-electron chi connectivity index (χ1n) is 7.74. The van der Waals surface area contributed by atoms with Gasteiger partial charge in [0, 0.05) is 23.4 Å². The summed E-state index contributed by atoms with van der Waals surface area (Å²) in [4.78, 5) is 15.0. The predicted molar refractivity (Wildman–Crippen MR) is 75.0 cm³/mol. The molecule has 0 radical (unpaired) electrons. The Kier molecular flexibility index (Phi) is 1.95. The fourth-order valence-corrected chi connectivity index (χ4v) is 5.49. The van der Waals surface area contributed by atoms with Crippen molar-refractivity contribution in [3.05, 3.63) is 29.3 Å². The van der Waals surface area contributed by atoms with Crippen LogP contribution in [0.2, 0.25) is 0 Å². The first-order valence-corrected chi connectivity index (χ1v) is 7.74. The molecule has 1 spiro atoms. The van der Waals surface area contributed by atoms with E-state index in [9.17, 15) is 4.79 Å². The number of piperidine rings is 1. The van der Waals surface area contributed by atoms with E-state index in [1.54, 1.807) is 0 Å². The predicted octanol–water partition coefficient (Wildman–Crippen LogP) is 1.92. The lowest BCUT2D eigenvalue weighted by atomic mass is 9.52. The normalized spacial score (nSPS) is 41.2. The van der Waals surface area contributed by atoms with Gasteiger partial charge in [-0.1, -0.05) is 12.1 Å². The number of ketones is 1. The lowest BCUT2D eigenvalue weighted by molar-refractivity contribution is -0.138. The smallest absolute Gasteiger partial charge is 0.174 e. The molecule has 3 nitrogen and oxygen atoms in total. The second-order valence-electron chi connectivity index (χ2n) is 6.94. The van der Waals surface area contributed by atoms with E-state index in [1.165, 1.54) is 11.1 Å². The standard InChI is InChI=1S/C17H19NO2/c1-18-8-7-17-11-5-6-13(19)16(17)20-14-4-2-3-10(15(14)17)9-12(11)18/h2-4,11-12,16H,5-9H2,1H3/t11?,12-,16+,17+/m1/s1. The number of carbonyl (C=O) groups excluding carboxylic acids is 1. The maximum absolute atomic E-state index is 12.5. The molecule has 0 aromatic heterocycles. The van der Waals surface area contributed by atoms with Crippen LogP contribution >= 0.6 is 0 Å². The number of Topliss-reactive ketones (excluding diaryl/α,β-unsaturated/α-hetero) is 1. The van der Waals surface area contributed by atoms with Crippen LogP contribution in [0.25, 0.3) is 0 Å². The Morgan fingerprint density at radius 2 is 2.30 bits per heavy atom. The summed E-state index contributed by atoms with van der Waals surface area (Å²) in [6, 6.07) is 6.98. The lowest BCUT2D eigenvalue weighted by Gasteiger charge is -2.57. The van der Waals surface area contributed by atoms with Crippen molar-refractivity contribution < 1.29 is 9.53 Å². The molecular formula is C17H19NO2. The van der Waals surface area contributed by atoms with E-state index in [4.69, 9.17) is 4.74 Å². The maximum atomic E-state index is 12.5. The number of likely N-dealkylation sites (N-methyl/N-ethyl adjacent to an activating group) is 1. The molecule has 2 heterocycles. The van der Waals surface area contributed by atoms with Crippen LogP contribution in [-0.2, 0) is 16.6 Å². The highest BCUT2D eigenvalue weighted by molar-refractivity contribution is 5.88. The number of rotatable bonds is 0. The average Bonchev–Trinajstić information content (AvgIpc) is 2.79. The Morgan fingerprint density at radius 1 is 1.40 bits per heavy atom. The number of nitrogens with zero attached hydrogens (tertiary/aromatic N) is 1. The van der Waals surface area contributed by atoms with E-state index in [0.717, 1.165) is 31.6 Å². The molecule has 1 unspecified atom stereocenters. The zero-order valence-electron chi connectivity index (χ0n) is 11.8. The van der Waals surface area contributed by atoms with Gasteiger partial charge in [-0.15, -0.1) is 0 Å². The Balaban J connectivity index is 1.82. The molecule has 4 aliphatic rings. The monoisotopic (exact) mass is 269 g/mol. The highest BCUT2D eigenvalue weighted by atomic mass is 16.5. The van der Waals surface area contributed by atoms with Gasteiger partial charge in [-0.05, 0) is 50.4 Å². The topological polar surface area (TPSA) is 29.5 Å². The number of hydrogen-bond acceptors (Lipinski definition) is 3. The molecular weight excluding hydrogens is 250 g/mol. The van der Waals surface area contributed by atoms with Crippen molar-refractivity contribution in [3.63, 3.8) is 0 Å². The summed E-state index contributed by atoms with van der Waals surface area (Å²) in [6.45, 7) is 1.09. The van der Waals surface area contributed by atoms with Gasteiger partial charge in [0.05, 0.1) is 0 Å². The van der Waals surface area contributed by atoms with Gasteiger partial charge in [0.15, 0.2) is 11.9 Å². The molecule has 0 amide bonds. The Hall–Kier alpha value is -1.35. The van der Waals surface area contributed by atoms with Crippen LogP contribution in [0.1, 0.15) is 30.4 Å². The van der Waals surface area contributed by atoms with Crippen LogP contribution < -0.4 is 4.74 Å². The number of likely N-dealkylation sites (tertiary alicyclic amines) is 1. The minimum atomic E-state index is -0.200. The van der Waals surface area contributed by atoms with Crippen molar-refractivity contribution in [2.24, 2.45) is 5.92 Å². The molecule has 4 atom stereocenters. The average molecular weight is 269 g/mol. The zero-order chi connectivity index (χ0) is 13.5. The second kappa shape index (κ2) is 3.45. The third kappa shape index (κ3) is 1.07. The summed E-state index contributed by atoms with van der Waals surface area (Å²) in [5.74, 6) is 1.92. The first kappa shape index (κ1) is 11.3. The molecule has 20 heavy (non-hydrogen) atoms. The minimum Gasteiger partial charge on any atom is -0.481 e. The van der Waals surface area contributed by atoms with Crippen LogP contribution in [0.3, 0.4) is 0 Å². The summed E-state index contributed by atoms with van der Waals surface area (Å²) in [6.07, 6.45) is 3.74. The SMILES string of the molecule is CN1CC[C@]23c4c5cccc4O[C@H]2C(=O)CCC3[C@H]1C5. The van der Waals surface area contributed by atoms with Crippen molar-refractivity contribution in [3.8, 4) is 5.75 Å². The molecule has 3 heteroatoms. The largest absolute Gasteiger partial charge is 0.481 e. The Morgan fingerprint density at radius 3 is 3.20 bits per heavy atom. The Bertz CT molecular complexity index is 625. The maximum Gasteiger partial charge on any atom is 0.174 e. The van der Waals surface area contributed by atoms with Gasteiger partial charge >= 0.3 is 0 Å². The van der Waals surface area contributed by atoms with E-state index in [2.05, 4.69) is 30.1 Å². The number of carbonyl (C=O) groups is 1. The van der Waals surface area contributed by atoms with Gasteiger partial charge in [0.1, 0.15) is 5.75 Å². The fourth-order valence-electron chi connectivity index (χ4n) is 5.49. The first-order chi connectivity index (χ1) is 9.72. The van der Waals surface area contributed by atoms with Gasteiger partial charge in [-0.3, -0.25) is 4.79 Å². The number of benzene rings is 1. The molecule has 2 aliphatic carbocycles. The van der Waals surface area contributed by atoms with Crippen LogP contribution in [-0.4, -0.2) is 36.4 Å². The van der Waals surface area contributed by atoms with Gasteiger partial charge in [0.25, 0.3) is 0 Å². The van der Waals surface area contributed by atoms with Crippen molar-refractivity contribution in [1.29, 1.82) is 0 Å². The molecule has 0 N–H and O–H groups in total. The van der Waals surface area contributed by atoms with Crippen molar-refractivity contribution in [2.45, 2.75) is 43.2 Å². The fraction of sp³-hybridized carbons (Fsp3) is 0.588. The third-order valence-electron chi connectivity index (χ3n) is 6.28. The molecule has 1 saturated carbocycles. The molecule has 104 valence electrons. The lowest BCUT2D eigenvalue weighted by Crippen LogP contribution is -2.65.